The lowest BCUT2D eigenvalue weighted by Gasteiger charge is -2.09. The van der Waals surface area contributed by atoms with Gasteiger partial charge in [-0.15, -0.1) is 0 Å². The highest BCUT2D eigenvalue weighted by Gasteiger charge is 2.04. The van der Waals surface area contributed by atoms with Crippen molar-refractivity contribution < 1.29 is 4.39 Å². The summed E-state index contributed by atoms with van der Waals surface area (Å²) in [5, 5.41) is 12.1. The molecule has 0 atom stereocenters. The second kappa shape index (κ2) is 5.33. The Hall–Kier alpha value is -2.34. The molecule has 1 N–H and O–H groups in total. The maximum Gasteiger partial charge on any atom is 0.124 e. The molecule has 0 saturated carbocycles. The van der Waals surface area contributed by atoms with E-state index in [2.05, 4.69) is 12.2 Å². The summed E-state index contributed by atoms with van der Waals surface area (Å²) in [5.41, 5.74) is 3.03. The van der Waals surface area contributed by atoms with Gasteiger partial charge in [0.05, 0.1) is 11.3 Å². The zero-order chi connectivity index (χ0) is 13.0. The molecule has 0 aliphatic heterocycles. The van der Waals surface area contributed by atoms with Crippen LogP contribution in [0, 0.1) is 17.1 Å². The van der Waals surface area contributed by atoms with Gasteiger partial charge in [0.15, 0.2) is 0 Å². The Balaban J connectivity index is 2.31. The molecular weight excluding hydrogens is 227 g/mol. The predicted molar refractivity (Wildman–Crippen MR) is 70.2 cm³/mol. The minimum atomic E-state index is -0.403. The molecule has 90 valence electrons. The van der Waals surface area contributed by atoms with Crippen molar-refractivity contribution >= 4 is 11.4 Å². The van der Waals surface area contributed by atoms with Crippen LogP contribution in [0.25, 0.3) is 0 Å². The number of nitrogens with zero attached hydrogens (tertiary/aromatic N) is 1. The van der Waals surface area contributed by atoms with Gasteiger partial charge in [-0.05, 0) is 42.3 Å². The molecule has 0 saturated heterocycles. The predicted octanol–water partition coefficient (Wildman–Crippen LogP) is 4.00. The molecule has 0 bridgehead atoms. The number of hydrogen-bond acceptors (Lipinski definition) is 2. The van der Waals surface area contributed by atoms with Gasteiger partial charge in [0.25, 0.3) is 0 Å². The number of halogens is 1. The lowest BCUT2D eigenvalue weighted by Crippen LogP contribution is -1.95. The summed E-state index contributed by atoms with van der Waals surface area (Å²) in [7, 11) is 0. The summed E-state index contributed by atoms with van der Waals surface area (Å²) < 4.78 is 13.0. The van der Waals surface area contributed by atoms with Crippen LogP contribution in [-0.2, 0) is 6.42 Å². The summed E-state index contributed by atoms with van der Waals surface area (Å²) in [6, 6.07) is 14.1. The van der Waals surface area contributed by atoms with Crippen molar-refractivity contribution in [2.75, 3.05) is 5.32 Å². The monoisotopic (exact) mass is 240 g/mol. The molecule has 0 aromatic heterocycles. The van der Waals surface area contributed by atoms with E-state index in [9.17, 15) is 4.39 Å². The summed E-state index contributed by atoms with van der Waals surface area (Å²) in [6.07, 6.45) is 0.948. The summed E-state index contributed by atoms with van der Waals surface area (Å²) >= 11 is 0. The fourth-order valence-electron chi connectivity index (χ4n) is 1.74. The summed E-state index contributed by atoms with van der Waals surface area (Å²) in [6.45, 7) is 2.08. The number of rotatable bonds is 3. The first-order chi connectivity index (χ1) is 8.72. The van der Waals surface area contributed by atoms with Gasteiger partial charge < -0.3 is 5.32 Å². The molecule has 0 spiro atoms. The van der Waals surface area contributed by atoms with E-state index in [4.69, 9.17) is 5.26 Å². The second-order valence-electron chi connectivity index (χ2n) is 3.98. The van der Waals surface area contributed by atoms with Crippen molar-refractivity contribution in [3.8, 4) is 6.07 Å². The SMILES string of the molecule is CCc1cccc(Nc2ccc(F)cc2C#N)c1. The molecule has 3 heteroatoms. The molecule has 2 aromatic carbocycles. The van der Waals surface area contributed by atoms with Crippen LogP contribution in [0.2, 0.25) is 0 Å². The number of hydrogen-bond donors (Lipinski definition) is 1. The van der Waals surface area contributed by atoms with Gasteiger partial charge in [0.1, 0.15) is 11.9 Å². The van der Waals surface area contributed by atoms with E-state index >= 15 is 0 Å². The van der Waals surface area contributed by atoms with E-state index in [-0.39, 0.29) is 0 Å². The first-order valence-electron chi connectivity index (χ1n) is 5.78. The van der Waals surface area contributed by atoms with Crippen LogP contribution in [0.4, 0.5) is 15.8 Å². The number of benzene rings is 2. The molecule has 0 aliphatic rings. The molecule has 2 rings (SSSR count). The number of anilines is 2. The first-order valence-corrected chi connectivity index (χ1v) is 5.78. The zero-order valence-corrected chi connectivity index (χ0v) is 10.1. The largest absolute Gasteiger partial charge is 0.354 e. The fourth-order valence-corrected chi connectivity index (χ4v) is 1.74. The zero-order valence-electron chi connectivity index (χ0n) is 10.1. The fraction of sp³-hybridized carbons (Fsp3) is 0.133. The number of aryl methyl sites for hydroxylation is 1. The van der Waals surface area contributed by atoms with Crippen LogP contribution in [0.15, 0.2) is 42.5 Å². The van der Waals surface area contributed by atoms with Gasteiger partial charge in [0, 0.05) is 5.69 Å². The molecule has 2 nitrogen and oxygen atoms in total. The van der Waals surface area contributed by atoms with Gasteiger partial charge >= 0.3 is 0 Å². The van der Waals surface area contributed by atoms with E-state index in [1.54, 1.807) is 6.07 Å². The highest BCUT2D eigenvalue weighted by molar-refractivity contribution is 5.66. The lowest BCUT2D eigenvalue weighted by atomic mass is 10.1. The smallest absolute Gasteiger partial charge is 0.124 e. The van der Waals surface area contributed by atoms with E-state index in [0.717, 1.165) is 12.1 Å². The third-order valence-electron chi connectivity index (χ3n) is 2.72. The van der Waals surface area contributed by atoms with Crippen molar-refractivity contribution in [3.63, 3.8) is 0 Å². The van der Waals surface area contributed by atoms with Crippen molar-refractivity contribution in [2.24, 2.45) is 0 Å². The molecule has 18 heavy (non-hydrogen) atoms. The topological polar surface area (TPSA) is 35.8 Å². The average molecular weight is 240 g/mol. The number of nitriles is 1. The van der Waals surface area contributed by atoms with E-state index < -0.39 is 5.82 Å². The van der Waals surface area contributed by atoms with Gasteiger partial charge in [0.2, 0.25) is 0 Å². The second-order valence-corrected chi connectivity index (χ2v) is 3.98. The van der Waals surface area contributed by atoms with Crippen molar-refractivity contribution in [1.82, 2.24) is 0 Å². The van der Waals surface area contributed by atoms with Crippen molar-refractivity contribution in [2.45, 2.75) is 13.3 Å². The van der Waals surface area contributed by atoms with E-state index in [1.807, 2.05) is 30.3 Å². The Labute approximate surface area is 106 Å². The maximum atomic E-state index is 13.0. The van der Waals surface area contributed by atoms with Crippen molar-refractivity contribution in [1.29, 1.82) is 5.26 Å². The van der Waals surface area contributed by atoms with Crippen LogP contribution < -0.4 is 5.32 Å². The minimum Gasteiger partial charge on any atom is -0.354 e. The van der Waals surface area contributed by atoms with E-state index in [0.29, 0.717) is 11.3 Å². The number of nitrogens with one attached hydrogen (secondary N) is 1. The van der Waals surface area contributed by atoms with Crippen molar-refractivity contribution in [3.05, 3.63) is 59.4 Å². The summed E-state index contributed by atoms with van der Waals surface area (Å²) in [4.78, 5) is 0. The molecule has 0 amide bonds. The van der Waals surface area contributed by atoms with Gasteiger partial charge in [-0.3, -0.25) is 0 Å². The Kier molecular flexibility index (Phi) is 3.59. The minimum absolute atomic E-state index is 0.303. The van der Waals surface area contributed by atoms with Crippen LogP contribution in [-0.4, -0.2) is 0 Å². The maximum absolute atomic E-state index is 13.0. The first kappa shape index (κ1) is 12.1. The highest BCUT2D eigenvalue weighted by Crippen LogP contribution is 2.22. The Bertz CT molecular complexity index is 600. The molecule has 0 aliphatic carbocycles. The Morgan fingerprint density at radius 2 is 2.06 bits per heavy atom. The molecule has 0 fully saturated rings. The van der Waals surface area contributed by atoms with Gasteiger partial charge in [-0.25, -0.2) is 4.39 Å². The third-order valence-corrected chi connectivity index (χ3v) is 2.72. The highest BCUT2D eigenvalue weighted by atomic mass is 19.1. The van der Waals surface area contributed by atoms with Crippen LogP contribution in [0.1, 0.15) is 18.1 Å². The van der Waals surface area contributed by atoms with E-state index in [1.165, 1.54) is 17.7 Å². The Morgan fingerprint density at radius 3 is 2.78 bits per heavy atom. The third kappa shape index (κ3) is 2.67. The van der Waals surface area contributed by atoms with Gasteiger partial charge in [-0.2, -0.15) is 5.26 Å². The quantitative estimate of drug-likeness (QED) is 0.880. The molecule has 0 radical (unpaired) electrons. The van der Waals surface area contributed by atoms with Gasteiger partial charge in [-0.1, -0.05) is 19.1 Å². The molecule has 2 aromatic rings. The Morgan fingerprint density at radius 1 is 1.22 bits per heavy atom. The lowest BCUT2D eigenvalue weighted by molar-refractivity contribution is 0.627. The van der Waals surface area contributed by atoms with Crippen LogP contribution in [0.3, 0.4) is 0 Å². The molecule has 0 unspecified atom stereocenters. The molecule has 0 heterocycles. The average Bonchev–Trinajstić information content (AvgIpc) is 2.41. The van der Waals surface area contributed by atoms with Crippen LogP contribution in [0.5, 0.6) is 0 Å². The normalized spacial score (nSPS) is 9.83. The standard InChI is InChI=1S/C15H13FN2/c1-2-11-4-3-5-14(8-11)18-15-7-6-13(16)9-12(15)10-17/h3-9,18H,2H2,1H3. The van der Waals surface area contributed by atoms with Crippen LogP contribution >= 0.6 is 0 Å². The molecular formula is C15H13FN2. The summed E-state index contributed by atoms with van der Waals surface area (Å²) in [5.74, 6) is -0.403.